The average Bonchev–Trinajstić information content (AvgIpc) is 3.92. The van der Waals surface area contributed by atoms with Crippen LogP contribution in [0.25, 0.3) is 0 Å². The topological polar surface area (TPSA) is 205 Å². The molecule has 0 aromatic carbocycles. The van der Waals surface area contributed by atoms with Crippen molar-refractivity contribution in [3.63, 3.8) is 0 Å². The SMILES string of the molecule is COC1CC(OC2C(C)OC(OC3C(C)OC(OC4C(C)OC(OC5C(O)CC(OC6CCC7(C)C(CCC89OC(C)C%10CCC(=O)C%10(C)C(CC87)O9)C6)OC5C)CC4OC)CC3OC)CC2OC)OC(C)C1O. The summed E-state index contributed by atoms with van der Waals surface area (Å²) in [5.41, 5.74) is -0.466. The molecule has 1 spiro atoms. The smallest absolute Gasteiger partial charge is 0.172 e. The molecular weight excluding hydrogens is 965 g/mol. The molecule has 29 atom stereocenters. The number of aliphatic hydroxyl groups is 2. The lowest BCUT2D eigenvalue weighted by Crippen LogP contribution is -2.58. The molecular formula is C55H90O19. The first-order valence-corrected chi connectivity index (χ1v) is 28.2. The number of ketones is 1. The predicted octanol–water partition coefficient (Wildman–Crippen LogP) is 5.47. The maximum Gasteiger partial charge on any atom is 0.172 e. The number of carbonyl (C=O) groups excluding carboxylic acids is 1. The van der Waals surface area contributed by atoms with Crippen LogP contribution in [0.1, 0.15) is 139 Å². The van der Waals surface area contributed by atoms with Crippen LogP contribution in [0.5, 0.6) is 0 Å². The van der Waals surface area contributed by atoms with Crippen LogP contribution in [0.3, 0.4) is 0 Å². The van der Waals surface area contributed by atoms with Gasteiger partial charge in [-0.25, -0.2) is 0 Å². The van der Waals surface area contributed by atoms with E-state index in [0.717, 1.165) is 44.9 Å². The fourth-order valence-corrected chi connectivity index (χ4v) is 15.8. The molecule has 10 fully saturated rings. The molecule has 2 bridgehead atoms. The van der Waals surface area contributed by atoms with E-state index in [2.05, 4.69) is 20.8 Å². The van der Waals surface area contributed by atoms with Gasteiger partial charge < -0.3 is 86.0 Å². The summed E-state index contributed by atoms with van der Waals surface area (Å²) < 4.78 is 102. The Kier molecular flexibility index (Phi) is 17.1. The second kappa shape index (κ2) is 22.5. The van der Waals surface area contributed by atoms with Crippen molar-refractivity contribution < 1.29 is 90.8 Å². The summed E-state index contributed by atoms with van der Waals surface area (Å²) >= 11 is 0. The second-order valence-corrected chi connectivity index (χ2v) is 24.2. The van der Waals surface area contributed by atoms with E-state index in [1.807, 2.05) is 27.7 Å². The number of methoxy groups -OCH3 is 4. The number of hydrogen-bond donors (Lipinski definition) is 2. The largest absolute Gasteiger partial charge is 0.390 e. The standard InChI is InChI=1S/C55H90O19/c1-26-34-13-14-41(57)54(34,8)42-25-40-53(7)17-16-33(19-32(53)15-18-55(40,73-26)74-42)68-43-20-35(56)49(28(3)64-43)69-45-22-37(60-10)51(29(4)65-45)71-47-24-39(62-12)52(31(6)67-47)72-46-23-38(61-11)50(30(5)66-46)70-44-21-36(59-9)48(58)27(2)63-44/h26-40,42-52,56,58H,13-25H2,1-12H3. The van der Waals surface area contributed by atoms with Crippen molar-refractivity contribution in [2.24, 2.45) is 28.6 Å². The van der Waals surface area contributed by atoms with Gasteiger partial charge in [0.25, 0.3) is 0 Å². The van der Waals surface area contributed by atoms with Gasteiger partial charge in [0.05, 0.1) is 84.8 Å². The van der Waals surface area contributed by atoms with Crippen LogP contribution in [-0.2, 0) is 80.6 Å². The Balaban J connectivity index is 0.681. The zero-order chi connectivity index (χ0) is 52.6. The van der Waals surface area contributed by atoms with Gasteiger partial charge in [0.2, 0.25) is 0 Å². The molecule has 74 heavy (non-hydrogen) atoms. The highest BCUT2D eigenvalue weighted by molar-refractivity contribution is 5.88. The minimum Gasteiger partial charge on any atom is -0.390 e. The summed E-state index contributed by atoms with van der Waals surface area (Å²) in [6.45, 7) is 16.2. The number of rotatable bonds is 14. The predicted molar refractivity (Wildman–Crippen MR) is 261 cm³/mol. The van der Waals surface area contributed by atoms with Crippen LogP contribution in [0.2, 0.25) is 0 Å². The first-order chi connectivity index (χ1) is 35.3. The first kappa shape index (κ1) is 56.2. The molecule has 19 nitrogen and oxygen atoms in total. The maximum absolute atomic E-state index is 13.4. The van der Waals surface area contributed by atoms with Gasteiger partial charge in [-0.15, -0.1) is 0 Å². The molecule has 0 aromatic rings. The van der Waals surface area contributed by atoms with Gasteiger partial charge in [-0.05, 0) is 98.3 Å². The Bertz CT molecular complexity index is 1890. The van der Waals surface area contributed by atoms with Crippen molar-refractivity contribution in [2.45, 2.75) is 286 Å². The Labute approximate surface area is 438 Å². The lowest BCUT2D eigenvalue weighted by atomic mass is 9.52. The van der Waals surface area contributed by atoms with E-state index in [1.165, 1.54) is 0 Å². The van der Waals surface area contributed by atoms with E-state index < -0.39 is 122 Å². The zero-order valence-corrected chi connectivity index (χ0v) is 46.0. The Morgan fingerprint density at radius 2 is 0.973 bits per heavy atom. The third kappa shape index (κ3) is 10.5. The molecule has 0 aromatic heterocycles. The second-order valence-electron chi connectivity index (χ2n) is 24.2. The minimum absolute atomic E-state index is 0.00407. The van der Waals surface area contributed by atoms with Gasteiger partial charge in [-0.1, -0.05) is 6.92 Å². The summed E-state index contributed by atoms with van der Waals surface area (Å²) in [5, 5.41) is 22.1. The highest BCUT2D eigenvalue weighted by Crippen LogP contribution is 2.67. The monoisotopic (exact) mass is 1050 g/mol. The summed E-state index contributed by atoms with van der Waals surface area (Å²) in [7, 11) is 6.52. The number of Topliss-reactive ketones (excluding diaryl/α,β-unsaturated/α-hetero) is 1. The quantitative estimate of drug-likeness (QED) is 0.207. The van der Waals surface area contributed by atoms with Gasteiger partial charge in [-0.2, -0.15) is 0 Å². The van der Waals surface area contributed by atoms with Crippen molar-refractivity contribution in [2.75, 3.05) is 28.4 Å². The number of fused-ring (bicyclic) bond motifs is 5. The Hall–Kier alpha value is -1.05. The number of hydrogen-bond acceptors (Lipinski definition) is 19. The van der Waals surface area contributed by atoms with E-state index in [9.17, 15) is 15.0 Å². The minimum atomic E-state index is -0.835. The van der Waals surface area contributed by atoms with Crippen LogP contribution in [0, 0.1) is 28.6 Å². The number of carbonyl (C=O) groups is 1. The third-order valence-corrected chi connectivity index (χ3v) is 20.1. The molecule has 3 aliphatic carbocycles. The molecule has 7 saturated heterocycles. The summed E-state index contributed by atoms with van der Waals surface area (Å²) in [4.78, 5) is 13.4. The molecule has 0 radical (unpaired) electrons. The van der Waals surface area contributed by atoms with Crippen molar-refractivity contribution in [3.05, 3.63) is 0 Å². The van der Waals surface area contributed by atoms with E-state index in [-0.39, 0.29) is 54.2 Å². The van der Waals surface area contributed by atoms with Crippen LogP contribution in [0.15, 0.2) is 0 Å². The number of aliphatic hydroxyl groups excluding tert-OH is 2. The van der Waals surface area contributed by atoms with Crippen LogP contribution < -0.4 is 0 Å². The van der Waals surface area contributed by atoms with Crippen LogP contribution in [0.4, 0.5) is 0 Å². The summed E-state index contributed by atoms with van der Waals surface area (Å²) in [6, 6.07) is 0. The molecule has 10 rings (SSSR count). The molecule has 7 aliphatic heterocycles. The van der Waals surface area contributed by atoms with Gasteiger partial charge >= 0.3 is 0 Å². The van der Waals surface area contributed by atoms with Crippen molar-refractivity contribution in [1.82, 2.24) is 0 Å². The van der Waals surface area contributed by atoms with E-state index in [4.69, 9.17) is 75.8 Å². The third-order valence-electron chi connectivity index (χ3n) is 20.1. The first-order valence-electron chi connectivity index (χ1n) is 28.2. The van der Waals surface area contributed by atoms with E-state index in [1.54, 1.807) is 35.4 Å². The van der Waals surface area contributed by atoms with Crippen molar-refractivity contribution in [3.8, 4) is 0 Å². The lowest BCUT2D eigenvalue weighted by Gasteiger charge is -2.57. The Morgan fingerprint density at radius 1 is 0.500 bits per heavy atom. The van der Waals surface area contributed by atoms with Crippen molar-refractivity contribution >= 4 is 5.78 Å². The van der Waals surface area contributed by atoms with Crippen molar-refractivity contribution in [1.29, 1.82) is 0 Å². The molecule has 3 saturated carbocycles. The van der Waals surface area contributed by atoms with Crippen LogP contribution >= 0.6 is 0 Å². The highest BCUT2D eigenvalue weighted by atomic mass is 16.8. The molecule has 0 amide bonds. The average molecular weight is 1060 g/mol. The fraction of sp³-hybridized carbons (Fsp3) is 0.982. The molecule has 19 heteroatoms. The highest BCUT2D eigenvalue weighted by Gasteiger charge is 2.70. The lowest BCUT2D eigenvalue weighted by molar-refractivity contribution is -0.352. The van der Waals surface area contributed by atoms with Gasteiger partial charge in [-0.3, -0.25) is 4.79 Å². The normalized spacial score (nSPS) is 54.8. The van der Waals surface area contributed by atoms with E-state index in [0.29, 0.717) is 43.8 Å². The maximum atomic E-state index is 13.4. The van der Waals surface area contributed by atoms with Gasteiger partial charge in [0.15, 0.2) is 37.2 Å². The van der Waals surface area contributed by atoms with Gasteiger partial charge in [0.1, 0.15) is 36.3 Å². The molecule has 2 N–H and O–H groups in total. The van der Waals surface area contributed by atoms with Gasteiger partial charge in [0, 0.05) is 85.2 Å². The Morgan fingerprint density at radius 3 is 1.49 bits per heavy atom. The molecule has 29 unspecified atom stereocenters. The fourth-order valence-electron chi connectivity index (χ4n) is 15.8. The molecule has 7 heterocycles. The summed E-state index contributed by atoms with van der Waals surface area (Å²) in [5.74, 6) is 0.591. The van der Waals surface area contributed by atoms with Crippen LogP contribution in [-0.4, -0.2) is 192 Å². The van der Waals surface area contributed by atoms with E-state index >= 15 is 0 Å². The zero-order valence-electron chi connectivity index (χ0n) is 46.0. The summed E-state index contributed by atoms with van der Waals surface area (Å²) in [6.07, 6.45) is -1.78. The number of ether oxygens (including phenoxy) is 16. The molecule has 10 aliphatic rings. The molecule has 424 valence electrons.